The minimum atomic E-state index is 0.106. The summed E-state index contributed by atoms with van der Waals surface area (Å²) in [6.07, 6.45) is 0. The van der Waals surface area contributed by atoms with E-state index in [9.17, 15) is 4.79 Å². The fourth-order valence-electron chi connectivity index (χ4n) is 3.28. The van der Waals surface area contributed by atoms with Crippen molar-refractivity contribution in [3.8, 4) is 17.1 Å². The third-order valence-corrected chi connectivity index (χ3v) is 5.73. The molecule has 7 heteroatoms. The molecule has 0 saturated heterocycles. The summed E-state index contributed by atoms with van der Waals surface area (Å²) in [5.41, 5.74) is 3.79. The lowest BCUT2D eigenvalue weighted by atomic mass is 10.2. The van der Waals surface area contributed by atoms with Gasteiger partial charge in [-0.05, 0) is 39.0 Å². The Labute approximate surface area is 163 Å². The Morgan fingerprint density at radius 3 is 2.63 bits per heavy atom. The van der Waals surface area contributed by atoms with Gasteiger partial charge in [0, 0.05) is 30.5 Å². The number of ketones is 1. The van der Waals surface area contributed by atoms with Crippen molar-refractivity contribution in [1.82, 2.24) is 19.3 Å². The number of Topliss-reactive ketones (excluding diaryl/α,β-unsaturated/α-hetero) is 1. The Kier molecular flexibility index (Phi) is 5.70. The normalized spacial score (nSPS) is 11.0. The van der Waals surface area contributed by atoms with Gasteiger partial charge in [0.25, 0.3) is 0 Å². The molecule has 0 N–H and O–H groups in total. The van der Waals surface area contributed by atoms with Crippen LogP contribution in [0.5, 0.6) is 5.75 Å². The third kappa shape index (κ3) is 3.64. The summed E-state index contributed by atoms with van der Waals surface area (Å²) in [7, 11) is 3.54. The Bertz CT molecular complexity index is 975. The Hall–Kier alpha value is -2.54. The first kappa shape index (κ1) is 19.2. The lowest BCUT2D eigenvalue weighted by Crippen LogP contribution is -2.06. The molecular formula is C20H24N4O2S. The summed E-state index contributed by atoms with van der Waals surface area (Å²) in [6, 6.07) is 9.66. The van der Waals surface area contributed by atoms with E-state index in [1.165, 1.54) is 11.8 Å². The quantitative estimate of drug-likeness (QED) is 0.457. The molecule has 1 aromatic carbocycles. The predicted octanol–water partition coefficient (Wildman–Crippen LogP) is 3.90. The Balaban J connectivity index is 1.78. The summed E-state index contributed by atoms with van der Waals surface area (Å²) in [6.45, 7) is 6.98. The molecule has 0 spiro atoms. The summed E-state index contributed by atoms with van der Waals surface area (Å²) in [5, 5.41) is 9.25. The number of hydrogen-bond donors (Lipinski definition) is 0. The summed E-state index contributed by atoms with van der Waals surface area (Å²) < 4.78 is 9.46. The van der Waals surface area contributed by atoms with E-state index < -0.39 is 0 Å². The average molecular weight is 385 g/mol. The molecule has 0 radical (unpaired) electrons. The highest BCUT2D eigenvalue weighted by atomic mass is 32.2. The second kappa shape index (κ2) is 8.00. The number of hydrogen-bond acceptors (Lipinski definition) is 5. The lowest BCUT2D eigenvalue weighted by molar-refractivity contribution is 0.102. The van der Waals surface area contributed by atoms with Crippen molar-refractivity contribution in [3.05, 3.63) is 47.3 Å². The molecule has 0 atom stereocenters. The molecule has 0 unspecified atom stereocenters. The van der Waals surface area contributed by atoms with Crippen LogP contribution in [0.3, 0.4) is 0 Å². The first-order valence-electron chi connectivity index (χ1n) is 8.83. The van der Waals surface area contributed by atoms with Gasteiger partial charge in [-0.25, -0.2) is 0 Å². The van der Waals surface area contributed by atoms with Gasteiger partial charge in [-0.1, -0.05) is 23.9 Å². The van der Waals surface area contributed by atoms with Gasteiger partial charge < -0.3 is 13.9 Å². The van der Waals surface area contributed by atoms with E-state index in [0.717, 1.165) is 34.8 Å². The third-order valence-electron chi connectivity index (χ3n) is 4.71. The maximum absolute atomic E-state index is 12.7. The van der Waals surface area contributed by atoms with Crippen LogP contribution in [0.15, 0.2) is 35.5 Å². The number of carbonyl (C=O) groups excluding carboxylic acids is 1. The SMILES string of the molecule is CCn1c(C)cc(C(=O)CSc2nnc(-c3ccccc3OC)n2C)c1C. The van der Waals surface area contributed by atoms with E-state index in [0.29, 0.717) is 16.7 Å². The van der Waals surface area contributed by atoms with E-state index >= 15 is 0 Å². The van der Waals surface area contributed by atoms with Crippen LogP contribution in [0.1, 0.15) is 28.7 Å². The standard InChI is InChI=1S/C20H24N4O2S/c1-6-24-13(2)11-16(14(24)3)17(25)12-27-20-22-21-19(23(20)4)15-9-7-8-10-18(15)26-5/h7-11H,6,12H2,1-5H3. The number of rotatable bonds is 7. The second-order valence-corrected chi connectivity index (χ2v) is 7.25. The molecule has 0 saturated carbocycles. The van der Waals surface area contributed by atoms with Crippen LogP contribution in [0.25, 0.3) is 11.4 Å². The van der Waals surface area contributed by atoms with Crippen molar-refractivity contribution in [3.63, 3.8) is 0 Å². The van der Waals surface area contributed by atoms with Gasteiger partial charge in [0.15, 0.2) is 16.8 Å². The molecule has 2 aromatic heterocycles. The zero-order valence-electron chi connectivity index (χ0n) is 16.3. The van der Waals surface area contributed by atoms with E-state index in [1.807, 2.05) is 55.8 Å². The zero-order valence-corrected chi connectivity index (χ0v) is 17.1. The first-order chi connectivity index (χ1) is 13.0. The van der Waals surface area contributed by atoms with Crippen LogP contribution in [0, 0.1) is 13.8 Å². The zero-order chi connectivity index (χ0) is 19.6. The Morgan fingerprint density at radius 2 is 1.96 bits per heavy atom. The molecule has 3 aromatic rings. The van der Waals surface area contributed by atoms with Crippen LogP contribution in [0.4, 0.5) is 0 Å². The highest BCUT2D eigenvalue weighted by molar-refractivity contribution is 7.99. The number of thioether (sulfide) groups is 1. The van der Waals surface area contributed by atoms with Gasteiger partial charge in [-0.3, -0.25) is 4.79 Å². The largest absolute Gasteiger partial charge is 0.496 e. The highest BCUT2D eigenvalue weighted by Gasteiger charge is 2.18. The van der Waals surface area contributed by atoms with Crippen molar-refractivity contribution >= 4 is 17.5 Å². The smallest absolute Gasteiger partial charge is 0.191 e. The summed E-state index contributed by atoms with van der Waals surface area (Å²) in [4.78, 5) is 12.7. The van der Waals surface area contributed by atoms with E-state index in [4.69, 9.17) is 4.74 Å². The molecule has 0 fully saturated rings. The van der Waals surface area contributed by atoms with Crippen molar-refractivity contribution in [2.75, 3.05) is 12.9 Å². The number of carbonyl (C=O) groups is 1. The van der Waals surface area contributed by atoms with Crippen molar-refractivity contribution in [2.45, 2.75) is 32.5 Å². The molecule has 0 aliphatic rings. The molecule has 0 aliphatic heterocycles. The van der Waals surface area contributed by atoms with Crippen LogP contribution >= 0.6 is 11.8 Å². The van der Waals surface area contributed by atoms with E-state index in [1.54, 1.807) is 7.11 Å². The van der Waals surface area contributed by atoms with Gasteiger partial charge in [0.2, 0.25) is 0 Å². The molecule has 0 amide bonds. The van der Waals surface area contributed by atoms with Crippen LogP contribution in [-0.2, 0) is 13.6 Å². The number of aryl methyl sites for hydroxylation is 1. The molecule has 0 bridgehead atoms. The predicted molar refractivity (Wildman–Crippen MR) is 108 cm³/mol. The fraction of sp³-hybridized carbons (Fsp3) is 0.350. The van der Waals surface area contributed by atoms with E-state index in [2.05, 4.69) is 21.7 Å². The maximum atomic E-state index is 12.7. The van der Waals surface area contributed by atoms with Gasteiger partial charge in [0.05, 0.1) is 18.4 Å². The van der Waals surface area contributed by atoms with Gasteiger partial charge in [-0.15, -0.1) is 10.2 Å². The molecular weight excluding hydrogens is 360 g/mol. The fourth-order valence-corrected chi connectivity index (χ4v) is 4.08. The van der Waals surface area contributed by atoms with Gasteiger partial charge in [0.1, 0.15) is 5.75 Å². The van der Waals surface area contributed by atoms with Crippen LogP contribution < -0.4 is 4.74 Å². The topological polar surface area (TPSA) is 61.9 Å². The molecule has 3 rings (SSSR count). The maximum Gasteiger partial charge on any atom is 0.191 e. The second-order valence-electron chi connectivity index (χ2n) is 6.31. The summed E-state index contributed by atoms with van der Waals surface area (Å²) >= 11 is 1.40. The van der Waals surface area contributed by atoms with Crippen LogP contribution in [-0.4, -0.2) is 38.0 Å². The van der Waals surface area contributed by atoms with Crippen molar-refractivity contribution in [2.24, 2.45) is 7.05 Å². The van der Waals surface area contributed by atoms with Crippen molar-refractivity contribution in [1.29, 1.82) is 0 Å². The average Bonchev–Trinajstić information content (AvgIpc) is 3.18. The number of para-hydroxylation sites is 1. The summed E-state index contributed by atoms with van der Waals surface area (Å²) in [5.74, 6) is 1.89. The van der Waals surface area contributed by atoms with Crippen LogP contribution in [0.2, 0.25) is 0 Å². The first-order valence-corrected chi connectivity index (χ1v) is 9.82. The minimum Gasteiger partial charge on any atom is -0.496 e. The number of ether oxygens (including phenoxy) is 1. The van der Waals surface area contributed by atoms with Gasteiger partial charge in [-0.2, -0.15) is 0 Å². The van der Waals surface area contributed by atoms with E-state index in [-0.39, 0.29) is 5.78 Å². The number of methoxy groups -OCH3 is 1. The minimum absolute atomic E-state index is 0.106. The molecule has 0 aliphatic carbocycles. The number of benzene rings is 1. The molecule has 142 valence electrons. The lowest BCUT2D eigenvalue weighted by Gasteiger charge is -2.08. The van der Waals surface area contributed by atoms with Gasteiger partial charge >= 0.3 is 0 Å². The molecule has 6 nitrogen and oxygen atoms in total. The Morgan fingerprint density at radius 1 is 1.22 bits per heavy atom. The highest BCUT2D eigenvalue weighted by Crippen LogP contribution is 2.30. The number of nitrogens with zero attached hydrogens (tertiary/aromatic N) is 4. The molecule has 2 heterocycles. The van der Waals surface area contributed by atoms with Crippen molar-refractivity contribution < 1.29 is 9.53 Å². The monoisotopic (exact) mass is 384 g/mol. The molecule has 27 heavy (non-hydrogen) atoms. The number of aromatic nitrogens is 4.